The van der Waals surface area contributed by atoms with Gasteiger partial charge in [-0.3, -0.25) is 4.90 Å². The first-order valence-corrected chi connectivity index (χ1v) is 5.62. The molecule has 0 amide bonds. The highest BCUT2D eigenvalue weighted by Crippen LogP contribution is 2.41. The quantitative estimate of drug-likeness (QED) is 0.611. The van der Waals surface area contributed by atoms with Crippen molar-refractivity contribution < 1.29 is 0 Å². The molecule has 0 spiro atoms. The van der Waals surface area contributed by atoms with Crippen LogP contribution in [0, 0.1) is 5.92 Å². The molecule has 1 saturated heterocycles. The molecule has 1 saturated carbocycles. The molecular formula is C11H21N. The molecule has 2 aliphatic rings. The molecule has 0 unspecified atom stereocenters. The molecule has 12 heavy (non-hydrogen) atoms. The van der Waals surface area contributed by atoms with Crippen molar-refractivity contribution in [2.45, 2.75) is 58.0 Å². The molecule has 0 aromatic rings. The van der Waals surface area contributed by atoms with E-state index in [1.165, 1.54) is 38.6 Å². The molecular weight excluding hydrogens is 146 g/mol. The Hall–Kier alpha value is -0.0400. The molecule has 1 heterocycles. The van der Waals surface area contributed by atoms with Crippen LogP contribution in [0.2, 0.25) is 0 Å². The lowest BCUT2D eigenvalue weighted by atomic mass is 10.0. The lowest BCUT2D eigenvalue weighted by Gasteiger charge is -2.27. The third kappa shape index (κ3) is 1.19. The van der Waals surface area contributed by atoms with E-state index in [2.05, 4.69) is 18.7 Å². The van der Waals surface area contributed by atoms with Gasteiger partial charge >= 0.3 is 0 Å². The van der Waals surface area contributed by atoms with Crippen LogP contribution < -0.4 is 0 Å². The molecule has 70 valence electrons. The minimum absolute atomic E-state index is 0.922. The molecule has 2 rings (SSSR count). The molecule has 0 bridgehead atoms. The van der Waals surface area contributed by atoms with Crippen molar-refractivity contribution in [3.8, 4) is 0 Å². The van der Waals surface area contributed by atoms with E-state index in [1.54, 1.807) is 0 Å². The number of fused-ring (bicyclic) bond motifs is 1. The zero-order valence-electron chi connectivity index (χ0n) is 8.42. The predicted octanol–water partition coefficient (Wildman–Crippen LogP) is 2.66. The maximum absolute atomic E-state index is 2.76. The van der Waals surface area contributed by atoms with Crippen LogP contribution in [0.3, 0.4) is 0 Å². The molecule has 0 aromatic carbocycles. The summed E-state index contributed by atoms with van der Waals surface area (Å²) in [6, 6.07) is 1.89. The summed E-state index contributed by atoms with van der Waals surface area (Å²) >= 11 is 0. The molecule has 0 radical (unpaired) electrons. The van der Waals surface area contributed by atoms with E-state index >= 15 is 0 Å². The molecule has 2 fully saturated rings. The fourth-order valence-electron chi connectivity index (χ4n) is 3.38. The highest BCUT2D eigenvalue weighted by atomic mass is 15.2. The number of nitrogens with zero attached hydrogens (tertiary/aromatic N) is 1. The Morgan fingerprint density at radius 2 is 2.08 bits per heavy atom. The van der Waals surface area contributed by atoms with Gasteiger partial charge in [0.1, 0.15) is 0 Å². The van der Waals surface area contributed by atoms with E-state index in [4.69, 9.17) is 0 Å². The van der Waals surface area contributed by atoms with Gasteiger partial charge in [-0.15, -0.1) is 0 Å². The average Bonchev–Trinajstić information content (AvgIpc) is 2.61. The second kappa shape index (κ2) is 3.37. The van der Waals surface area contributed by atoms with E-state index in [0.29, 0.717) is 0 Å². The standard InChI is InChI=1S/C11H21N/c1-3-10-8-9-6-5-7-11(9)12(10)4-2/h9-11H,3-8H2,1-2H3/t9-,10+,11-/m0/s1. The Labute approximate surface area is 76.1 Å². The van der Waals surface area contributed by atoms with Gasteiger partial charge in [-0.25, -0.2) is 0 Å². The number of rotatable bonds is 2. The molecule has 0 N–H and O–H groups in total. The second-order valence-electron chi connectivity index (χ2n) is 4.39. The average molecular weight is 167 g/mol. The zero-order valence-corrected chi connectivity index (χ0v) is 8.42. The molecule has 3 atom stereocenters. The second-order valence-corrected chi connectivity index (χ2v) is 4.39. The van der Waals surface area contributed by atoms with Gasteiger partial charge in [0, 0.05) is 12.1 Å². The zero-order chi connectivity index (χ0) is 8.55. The maximum Gasteiger partial charge on any atom is 0.0127 e. The van der Waals surface area contributed by atoms with Gasteiger partial charge in [-0.2, -0.15) is 0 Å². The van der Waals surface area contributed by atoms with Crippen molar-refractivity contribution in [1.29, 1.82) is 0 Å². The van der Waals surface area contributed by atoms with Crippen LogP contribution in [0.5, 0.6) is 0 Å². The van der Waals surface area contributed by atoms with Crippen molar-refractivity contribution in [3.63, 3.8) is 0 Å². The minimum atomic E-state index is 0.922. The largest absolute Gasteiger partial charge is 0.297 e. The Balaban J connectivity index is 2.05. The van der Waals surface area contributed by atoms with E-state index in [-0.39, 0.29) is 0 Å². The summed E-state index contributed by atoms with van der Waals surface area (Å²) in [5, 5.41) is 0. The lowest BCUT2D eigenvalue weighted by molar-refractivity contribution is 0.193. The first kappa shape index (κ1) is 8.55. The summed E-state index contributed by atoms with van der Waals surface area (Å²) in [5.74, 6) is 1.06. The van der Waals surface area contributed by atoms with Crippen molar-refractivity contribution >= 4 is 0 Å². The van der Waals surface area contributed by atoms with E-state index in [0.717, 1.165) is 18.0 Å². The Bertz CT molecular complexity index is 155. The van der Waals surface area contributed by atoms with Crippen LogP contribution in [0.1, 0.15) is 46.0 Å². The normalized spacial score (nSPS) is 42.0. The fourth-order valence-corrected chi connectivity index (χ4v) is 3.38. The monoisotopic (exact) mass is 167 g/mol. The Morgan fingerprint density at radius 1 is 1.25 bits per heavy atom. The first-order chi connectivity index (χ1) is 5.86. The van der Waals surface area contributed by atoms with Crippen LogP contribution in [-0.4, -0.2) is 23.5 Å². The predicted molar refractivity (Wildman–Crippen MR) is 52.2 cm³/mol. The lowest BCUT2D eigenvalue weighted by Crippen LogP contribution is -2.35. The van der Waals surface area contributed by atoms with Gasteiger partial charge in [0.15, 0.2) is 0 Å². The highest BCUT2D eigenvalue weighted by Gasteiger charge is 2.41. The molecule has 0 aromatic heterocycles. The number of hydrogen-bond donors (Lipinski definition) is 0. The van der Waals surface area contributed by atoms with Crippen molar-refractivity contribution in [2.24, 2.45) is 5.92 Å². The smallest absolute Gasteiger partial charge is 0.0127 e. The number of hydrogen-bond acceptors (Lipinski definition) is 1. The van der Waals surface area contributed by atoms with Gasteiger partial charge in [-0.05, 0) is 38.1 Å². The van der Waals surface area contributed by atoms with Crippen molar-refractivity contribution in [3.05, 3.63) is 0 Å². The number of likely N-dealkylation sites (tertiary alicyclic amines) is 1. The molecule has 1 nitrogen and oxygen atoms in total. The Kier molecular flexibility index (Phi) is 2.40. The van der Waals surface area contributed by atoms with Gasteiger partial charge < -0.3 is 0 Å². The first-order valence-electron chi connectivity index (χ1n) is 5.62. The summed E-state index contributed by atoms with van der Waals surface area (Å²) in [6.07, 6.45) is 7.34. The van der Waals surface area contributed by atoms with Crippen LogP contribution in [0.4, 0.5) is 0 Å². The van der Waals surface area contributed by atoms with Crippen LogP contribution >= 0.6 is 0 Å². The SMILES string of the molecule is CC[C@@H]1C[C@@H]2CCC[C@@H]2N1CC. The van der Waals surface area contributed by atoms with E-state index in [9.17, 15) is 0 Å². The Morgan fingerprint density at radius 3 is 2.75 bits per heavy atom. The maximum atomic E-state index is 2.76. The van der Waals surface area contributed by atoms with Crippen molar-refractivity contribution in [2.75, 3.05) is 6.54 Å². The summed E-state index contributed by atoms with van der Waals surface area (Å²) < 4.78 is 0. The minimum Gasteiger partial charge on any atom is -0.297 e. The van der Waals surface area contributed by atoms with Crippen molar-refractivity contribution in [1.82, 2.24) is 4.90 Å². The van der Waals surface area contributed by atoms with Gasteiger partial charge in [0.2, 0.25) is 0 Å². The third-order valence-corrected chi connectivity index (χ3v) is 3.93. The van der Waals surface area contributed by atoms with Crippen LogP contribution in [-0.2, 0) is 0 Å². The summed E-state index contributed by atoms with van der Waals surface area (Å²) in [5.41, 5.74) is 0. The molecule has 1 heteroatoms. The third-order valence-electron chi connectivity index (χ3n) is 3.93. The van der Waals surface area contributed by atoms with Crippen LogP contribution in [0.25, 0.3) is 0 Å². The highest BCUT2D eigenvalue weighted by molar-refractivity contribution is 4.96. The summed E-state index contributed by atoms with van der Waals surface area (Å²) in [6.45, 7) is 5.94. The van der Waals surface area contributed by atoms with Gasteiger partial charge in [0.05, 0.1) is 0 Å². The fraction of sp³-hybridized carbons (Fsp3) is 1.00. The topological polar surface area (TPSA) is 3.24 Å². The van der Waals surface area contributed by atoms with Crippen LogP contribution in [0.15, 0.2) is 0 Å². The van der Waals surface area contributed by atoms with E-state index < -0.39 is 0 Å². The summed E-state index contributed by atoms with van der Waals surface area (Å²) in [4.78, 5) is 2.76. The van der Waals surface area contributed by atoms with Gasteiger partial charge in [-0.1, -0.05) is 20.3 Å². The van der Waals surface area contributed by atoms with Gasteiger partial charge in [0.25, 0.3) is 0 Å². The van der Waals surface area contributed by atoms with E-state index in [1.807, 2.05) is 0 Å². The molecule has 1 aliphatic carbocycles. The summed E-state index contributed by atoms with van der Waals surface area (Å²) in [7, 11) is 0. The molecule has 1 aliphatic heterocycles.